The second-order valence-electron chi connectivity index (χ2n) is 6.98. The summed E-state index contributed by atoms with van der Waals surface area (Å²) in [5.74, 6) is 1.40. The maximum Gasteiger partial charge on any atom is 0.254 e. The number of hydrogen-bond acceptors (Lipinski definition) is 8. The summed E-state index contributed by atoms with van der Waals surface area (Å²) in [6.07, 6.45) is 1.97. The number of rotatable bonds is 5. The van der Waals surface area contributed by atoms with Gasteiger partial charge in [0, 0.05) is 48.3 Å². The Balaban J connectivity index is 1.47. The molecule has 0 radical (unpaired) electrons. The highest BCUT2D eigenvalue weighted by Gasteiger charge is 2.18. The second-order valence-corrected chi connectivity index (χ2v) is 6.98. The average Bonchev–Trinajstić information content (AvgIpc) is 3.10. The van der Waals surface area contributed by atoms with Gasteiger partial charge in [-0.1, -0.05) is 6.07 Å². The Labute approximate surface area is 168 Å². The molecule has 0 spiro atoms. The van der Waals surface area contributed by atoms with Gasteiger partial charge in [0.1, 0.15) is 5.82 Å². The summed E-state index contributed by atoms with van der Waals surface area (Å²) in [5.41, 5.74) is 9.02. The molecule has 3 N–H and O–H groups in total. The molecule has 0 bridgehead atoms. The largest absolute Gasteiger partial charge is 0.378 e. The van der Waals surface area contributed by atoms with Crippen molar-refractivity contribution in [3.63, 3.8) is 0 Å². The quantitative estimate of drug-likeness (QED) is 0.636. The van der Waals surface area contributed by atoms with E-state index in [0.717, 1.165) is 41.4 Å². The topological polar surface area (TPSA) is 124 Å². The zero-order valence-electron chi connectivity index (χ0n) is 16.6. The van der Waals surface area contributed by atoms with E-state index in [1.54, 1.807) is 10.7 Å². The van der Waals surface area contributed by atoms with Crippen LogP contribution < -0.4 is 16.0 Å². The van der Waals surface area contributed by atoms with E-state index in [4.69, 9.17) is 10.5 Å². The number of hydrogen-bond donors (Lipinski definition) is 2. The Kier molecular flexibility index (Phi) is 5.26. The van der Waals surface area contributed by atoms with Crippen LogP contribution in [0.2, 0.25) is 0 Å². The molecule has 0 saturated carbocycles. The first-order valence-corrected chi connectivity index (χ1v) is 9.54. The van der Waals surface area contributed by atoms with Gasteiger partial charge in [-0.25, -0.2) is 9.97 Å². The molecule has 152 valence electrons. The Morgan fingerprint density at radius 2 is 2.07 bits per heavy atom. The van der Waals surface area contributed by atoms with Gasteiger partial charge in [0.2, 0.25) is 11.9 Å². The van der Waals surface area contributed by atoms with Crippen LogP contribution in [0.25, 0.3) is 5.78 Å². The van der Waals surface area contributed by atoms with Gasteiger partial charge >= 0.3 is 0 Å². The number of fused-ring (bicyclic) bond motifs is 1. The van der Waals surface area contributed by atoms with Crippen molar-refractivity contribution >= 4 is 23.5 Å². The van der Waals surface area contributed by atoms with E-state index in [-0.39, 0.29) is 18.3 Å². The minimum Gasteiger partial charge on any atom is -0.378 e. The number of nitrogens with zero attached hydrogens (tertiary/aromatic N) is 6. The number of aromatic nitrogens is 5. The molecule has 1 saturated heterocycles. The normalized spacial score (nSPS) is 14.3. The van der Waals surface area contributed by atoms with Crippen molar-refractivity contribution in [1.29, 1.82) is 0 Å². The van der Waals surface area contributed by atoms with Gasteiger partial charge in [0.05, 0.1) is 19.6 Å². The maximum atomic E-state index is 12.7. The lowest BCUT2D eigenvalue weighted by Gasteiger charge is -2.29. The second kappa shape index (κ2) is 8.00. The summed E-state index contributed by atoms with van der Waals surface area (Å²) in [6.45, 7) is 7.11. The molecule has 1 amide bonds. The molecule has 4 rings (SSSR count). The van der Waals surface area contributed by atoms with Gasteiger partial charge in [-0.2, -0.15) is 9.50 Å². The van der Waals surface area contributed by atoms with E-state index in [1.165, 1.54) is 0 Å². The molecule has 4 heterocycles. The number of carbonyl (C=O) groups excluding carboxylic acids is 1. The third-order valence-electron chi connectivity index (χ3n) is 5.06. The van der Waals surface area contributed by atoms with Gasteiger partial charge in [0.15, 0.2) is 0 Å². The van der Waals surface area contributed by atoms with Crippen molar-refractivity contribution in [1.82, 2.24) is 29.9 Å². The van der Waals surface area contributed by atoms with Crippen molar-refractivity contribution in [3.05, 3.63) is 40.8 Å². The molecule has 1 aliphatic rings. The zero-order chi connectivity index (χ0) is 20.4. The van der Waals surface area contributed by atoms with Crippen LogP contribution in [0.4, 0.5) is 11.8 Å². The number of aryl methyl sites for hydroxylation is 2. The number of morpholine rings is 1. The molecular weight excluding hydrogens is 372 g/mol. The molecular formula is C19H24N8O2. The third-order valence-corrected chi connectivity index (χ3v) is 5.06. The van der Waals surface area contributed by atoms with E-state index in [2.05, 4.69) is 30.3 Å². The lowest BCUT2D eigenvalue weighted by Crippen LogP contribution is -2.38. The fourth-order valence-electron chi connectivity index (χ4n) is 3.52. The molecule has 0 aromatic carbocycles. The molecule has 1 aliphatic heterocycles. The van der Waals surface area contributed by atoms with E-state index >= 15 is 0 Å². The van der Waals surface area contributed by atoms with Crippen LogP contribution in [0.15, 0.2) is 18.3 Å². The molecule has 3 aromatic rings. The predicted octanol–water partition coefficient (Wildman–Crippen LogP) is 0.414. The summed E-state index contributed by atoms with van der Waals surface area (Å²) >= 11 is 0. The number of ether oxygens (including phenoxy) is 1. The molecule has 10 nitrogen and oxygen atoms in total. The molecule has 0 atom stereocenters. The third kappa shape index (κ3) is 3.97. The number of nitrogens with one attached hydrogen (secondary N) is 1. The Morgan fingerprint density at radius 1 is 1.28 bits per heavy atom. The van der Waals surface area contributed by atoms with E-state index < -0.39 is 0 Å². The number of carbonyl (C=O) groups is 1. The van der Waals surface area contributed by atoms with Crippen molar-refractivity contribution in [2.75, 3.05) is 36.9 Å². The minimum absolute atomic E-state index is 0.0952. The lowest BCUT2D eigenvalue weighted by atomic mass is 10.1. The summed E-state index contributed by atoms with van der Waals surface area (Å²) in [7, 11) is 0. The van der Waals surface area contributed by atoms with Crippen LogP contribution in [0, 0.1) is 13.8 Å². The van der Waals surface area contributed by atoms with Crippen molar-refractivity contribution < 1.29 is 9.53 Å². The summed E-state index contributed by atoms with van der Waals surface area (Å²) in [6, 6.07) is 3.87. The summed E-state index contributed by atoms with van der Waals surface area (Å²) in [5, 5.41) is 7.14. The first-order valence-electron chi connectivity index (χ1n) is 9.54. The van der Waals surface area contributed by atoms with Crippen molar-refractivity contribution in [3.8, 4) is 0 Å². The predicted molar refractivity (Wildman–Crippen MR) is 107 cm³/mol. The van der Waals surface area contributed by atoms with Crippen molar-refractivity contribution in [2.45, 2.75) is 26.8 Å². The Hall–Kier alpha value is -3.27. The highest BCUT2D eigenvalue weighted by atomic mass is 16.5. The van der Waals surface area contributed by atoms with Gasteiger partial charge in [0.25, 0.3) is 5.78 Å². The van der Waals surface area contributed by atoms with Crippen LogP contribution >= 0.6 is 0 Å². The van der Waals surface area contributed by atoms with Crippen LogP contribution in [-0.2, 0) is 22.5 Å². The number of nitrogens with two attached hydrogens (primary N) is 1. The van der Waals surface area contributed by atoms with Crippen LogP contribution in [0.3, 0.4) is 0 Å². The molecule has 0 unspecified atom stereocenters. The minimum atomic E-state index is -0.0952. The van der Waals surface area contributed by atoms with Crippen LogP contribution in [-0.4, -0.2) is 56.8 Å². The summed E-state index contributed by atoms with van der Waals surface area (Å²) in [4.78, 5) is 27.8. The fraction of sp³-hybridized carbons (Fsp3) is 0.421. The first kappa shape index (κ1) is 19.1. The monoisotopic (exact) mass is 396 g/mol. The van der Waals surface area contributed by atoms with Gasteiger partial charge in [-0.3, -0.25) is 4.79 Å². The van der Waals surface area contributed by atoms with E-state index in [0.29, 0.717) is 25.5 Å². The van der Waals surface area contributed by atoms with Gasteiger partial charge in [-0.05, 0) is 19.9 Å². The highest BCUT2D eigenvalue weighted by Crippen LogP contribution is 2.19. The number of nitrogen functional groups attached to an aromatic ring is 1. The van der Waals surface area contributed by atoms with Gasteiger partial charge < -0.3 is 20.7 Å². The standard InChI is InChI=1S/C19H24N8O2/c1-12-15(13(2)27-19(23-12)24-18(20)25-27)10-16(28)22-11-14-4-3-5-21-17(14)26-6-8-29-9-7-26/h3-5H,6-11H2,1-2H3,(H2,20,25)(H,22,28). The molecule has 3 aromatic heterocycles. The Bertz CT molecular complexity index is 1040. The smallest absolute Gasteiger partial charge is 0.254 e. The average molecular weight is 396 g/mol. The number of anilines is 2. The Morgan fingerprint density at radius 3 is 2.86 bits per heavy atom. The highest BCUT2D eigenvalue weighted by molar-refractivity contribution is 5.79. The maximum absolute atomic E-state index is 12.7. The molecule has 29 heavy (non-hydrogen) atoms. The molecule has 0 aliphatic carbocycles. The van der Waals surface area contributed by atoms with Gasteiger partial charge in [-0.15, -0.1) is 5.10 Å². The SMILES string of the molecule is Cc1nc2nc(N)nn2c(C)c1CC(=O)NCc1cccnc1N1CCOCC1. The van der Waals surface area contributed by atoms with E-state index in [1.807, 2.05) is 26.0 Å². The fourth-order valence-corrected chi connectivity index (χ4v) is 3.52. The lowest BCUT2D eigenvalue weighted by molar-refractivity contribution is -0.120. The summed E-state index contributed by atoms with van der Waals surface area (Å²) < 4.78 is 6.99. The van der Waals surface area contributed by atoms with Crippen LogP contribution in [0.5, 0.6) is 0 Å². The first-order chi connectivity index (χ1) is 14.0. The molecule has 1 fully saturated rings. The molecule has 10 heteroatoms. The van der Waals surface area contributed by atoms with E-state index in [9.17, 15) is 4.79 Å². The number of amides is 1. The van der Waals surface area contributed by atoms with Crippen molar-refractivity contribution in [2.24, 2.45) is 0 Å². The zero-order valence-corrected chi connectivity index (χ0v) is 16.6. The van der Waals surface area contributed by atoms with Crippen LogP contribution in [0.1, 0.15) is 22.5 Å². The number of pyridine rings is 1.